The molecule has 0 spiro atoms. The van der Waals surface area contributed by atoms with Crippen LogP contribution in [0.1, 0.15) is 5.56 Å². The summed E-state index contributed by atoms with van der Waals surface area (Å²) < 4.78 is 21.5. The summed E-state index contributed by atoms with van der Waals surface area (Å²) in [7, 11) is 0. The van der Waals surface area contributed by atoms with Crippen molar-refractivity contribution in [1.82, 2.24) is 24.6 Å². The van der Waals surface area contributed by atoms with E-state index in [4.69, 9.17) is 4.74 Å². The van der Waals surface area contributed by atoms with E-state index in [1.165, 1.54) is 12.4 Å². The molecule has 0 aliphatic carbocycles. The average Bonchev–Trinajstić information content (AvgIpc) is 3.11. The Hall–Kier alpha value is -2.38. The number of pyridine rings is 1. The first-order valence-corrected chi connectivity index (χ1v) is 7.98. The molecule has 1 saturated heterocycles. The van der Waals surface area contributed by atoms with E-state index in [-0.39, 0.29) is 11.9 Å². The third kappa shape index (κ3) is 3.13. The second kappa shape index (κ2) is 6.62. The van der Waals surface area contributed by atoms with Gasteiger partial charge in [0.2, 0.25) is 0 Å². The number of nitrogens with zero attached hydrogens (tertiary/aromatic N) is 5. The minimum atomic E-state index is -0.229. The Morgan fingerprint density at radius 2 is 2.25 bits per heavy atom. The minimum absolute atomic E-state index is 0.0696. The number of aromatic nitrogens is 4. The van der Waals surface area contributed by atoms with Crippen molar-refractivity contribution < 1.29 is 9.13 Å². The molecule has 1 unspecified atom stereocenters. The zero-order chi connectivity index (χ0) is 16.4. The van der Waals surface area contributed by atoms with E-state index < -0.39 is 0 Å². The van der Waals surface area contributed by atoms with Gasteiger partial charge in [0.25, 0.3) is 0 Å². The largest absolute Gasteiger partial charge is 0.374 e. The van der Waals surface area contributed by atoms with Gasteiger partial charge in [-0.2, -0.15) is 5.10 Å². The molecule has 2 aromatic heterocycles. The lowest BCUT2D eigenvalue weighted by Crippen LogP contribution is -2.43. The Morgan fingerprint density at radius 1 is 1.29 bits per heavy atom. The van der Waals surface area contributed by atoms with Crippen molar-refractivity contribution in [3.05, 3.63) is 54.5 Å². The quantitative estimate of drug-likeness (QED) is 0.732. The molecule has 1 aromatic carbocycles. The van der Waals surface area contributed by atoms with Crippen LogP contribution in [0.25, 0.3) is 10.9 Å². The topological polar surface area (TPSA) is 56.1 Å². The first kappa shape index (κ1) is 15.2. The molecule has 1 aliphatic heterocycles. The minimum Gasteiger partial charge on any atom is -0.374 e. The first-order valence-electron chi connectivity index (χ1n) is 7.98. The predicted molar refractivity (Wildman–Crippen MR) is 86.7 cm³/mol. The zero-order valence-electron chi connectivity index (χ0n) is 13.2. The average molecular weight is 327 g/mol. The first-order chi connectivity index (χ1) is 11.8. The Balaban J connectivity index is 1.50. The zero-order valence-corrected chi connectivity index (χ0v) is 13.2. The van der Waals surface area contributed by atoms with Crippen LogP contribution in [0.2, 0.25) is 0 Å². The van der Waals surface area contributed by atoms with Gasteiger partial charge >= 0.3 is 0 Å². The van der Waals surface area contributed by atoms with Gasteiger partial charge in [0, 0.05) is 31.2 Å². The van der Waals surface area contributed by atoms with Crippen molar-refractivity contribution in [2.45, 2.75) is 19.2 Å². The van der Waals surface area contributed by atoms with Gasteiger partial charge in [0.15, 0.2) is 0 Å². The molecule has 1 fully saturated rings. The van der Waals surface area contributed by atoms with Gasteiger partial charge in [-0.15, -0.1) is 0 Å². The van der Waals surface area contributed by atoms with Crippen molar-refractivity contribution in [3.8, 4) is 0 Å². The molecule has 3 heterocycles. The van der Waals surface area contributed by atoms with Crippen molar-refractivity contribution in [2.75, 3.05) is 19.7 Å². The maximum atomic E-state index is 13.9. The van der Waals surface area contributed by atoms with E-state index in [2.05, 4.69) is 20.0 Å². The summed E-state index contributed by atoms with van der Waals surface area (Å²) in [4.78, 5) is 10.6. The number of hydrogen-bond donors (Lipinski definition) is 0. The van der Waals surface area contributed by atoms with Gasteiger partial charge in [-0.05, 0) is 23.8 Å². The molecular weight excluding hydrogens is 309 g/mol. The molecule has 3 aromatic rings. The fraction of sp³-hybridized carbons (Fsp3) is 0.353. The number of morpholine rings is 1. The monoisotopic (exact) mass is 327 g/mol. The Kier molecular flexibility index (Phi) is 4.18. The van der Waals surface area contributed by atoms with Crippen LogP contribution in [-0.4, -0.2) is 50.4 Å². The van der Waals surface area contributed by atoms with Crippen molar-refractivity contribution in [2.24, 2.45) is 0 Å². The summed E-state index contributed by atoms with van der Waals surface area (Å²) in [6.45, 7) is 3.72. The summed E-state index contributed by atoms with van der Waals surface area (Å²) in [5.74, 6) is -0.229. The van der Waals surface area contributed by atoms with Crippen LogP contribution in [0.4, 0.5) is 4.39 Å². The molecule has 24 heavy (non-hydrogen) atoms. The normalized spacial score (nSPS) is 19.0. The van der Waals surface area contributed by atoms with E-state index in [1.807, 2.05) is 6.07 Å². The molecule has 0 N–H and O–H groups in total. The fourth-order valence-electron chi connectivity index (χ4n) is 3.14. The van der Waals surface area contributed by atoms with Crippen LogP contribution in [0.3, 0.4) is 0 Å². The van der Waals surface area contributed by atoms with Crippen LogP contribution in [0, 0.1) is 5.82 Å². The molecule has 1 aliphatic rings. The molecule has 7 heteroatoms. The number of halogens is 1. The van der Waals surface area contributed by atoms with Gasteiger partial charge < -0.3 is 4.74 Å². The van der Waals surface area contributed by atoms with Crippen molar-refractivity contribution in [3.63, 3.8) is 0 Å². The number of fused-ring (bicyclic) bond motifs is 1. The third-order valence-electron chi connectivity index (χ3n) is 4.27. The van der Waals surface area contributed by atoms with Crippen LogP contribution in [-0.2, 0) is 17.8 Å². The van der Waals surface area contributed by atoms with E-state index in [0.717, 1.165) is 30.7 Å². The molecule has 6 nitrogen and oxygen atoms in total. The standard InChI is InChI=1S/C17H18FN5O/c18-16-4-3-13(17-15(16)2-1-5-20-17)8-22-6-7-24-14(9-22)10-23-12-19-11-21-23/h1-5,11-12,14H,6-10H2. The summed E-state index contributed by atoms with van der Waals surface area (Å²) in [5, 5.41) is 4.70. The maximum absolute atomic E-state index is 13.9. The lowest BCUT2D eigenvalue weighted by molar-refractivity contribution is -0.0401. The summed E-state index contributed by atoms with van der Waals surface area (Å²) in [6.07, 6.45) is 4.99. The Labute approximate surface area is 138 Å². The van der Waals surface area contributed by atoms with E-state index >= 15 is 0 Å². The second-order valence-corrected chi connectivity index (χ2v) is 5.95. The third-order valence-corrected chi connectivity index (χ3v) is 4.27. The van der Waals surface area contributed by atoms with Crippen LogP contribution in [0.15, 0.2) is 43.1 Å². The maximum Gasteiger partial charge on any atom is 0.137 e. The van der Waals surface area contributed by atoms with Crippen molar-refractivity contribution >= 4 is 10.9 Å². The predicted octanol–water partition coefficient (Wildman–Crippen LogP) is 1.87. The lowest BCUT2D eigenvalue weighted by Gasteiger charge is -2.33. The molecule has 0 saturated carbocycles. The molecule has 4 rings (SSSR count). The van der Waals surface area contributed by atoms with Gasteiger partial charge in [0.1, 0.15) is 18.5 Å². The summed E-state index contributed by atoms with van der Waals surface area (Å²) in [5.41, 5.74) is 1.77. The fourth-order valence-corrected chi connectivity index (χ4v) is 3.14. The molecular formula is C17H18FN5O. The summed E-state index contributed by atoms with van der Waals surface area (Å²) >= 11 is 0. The lowest BCUT2D eigenvalue weighted by atomic mass is 10.1. The number of rotatable bonds is 4. The van der Waals surface area contributed by atoms with E-state index in [0.29, 0.717) is 18.5 Å². The SMILES string of the molecule is Fc1ccc(CN2CCOC(Cn3cncn3)C2)c2ncccc12. The highest BCUT2D eigenvalue weighted by Crippen LogP contribution is 2.22. The smallest absolute Gasteiger partial charge is 0.137 e. The second-order valence-electron chi connectivity index (χ2n) is 5.95. The number of hydrogen-bond acceptors (Lipinski definition) is 5. The van der Waals surface area contributed by atoms with Crippen LogP contribution < -0.4 is 0 Å². The van der Waals surface area contributed by atoms with E-state index in [1.54, 1.807) is 29.3 Å². The summed E-state index contributed by atoms with van der Waals surface area (Å²) in [6, 6.07) is 6.88. The highest BCUT2D eigenvalue weighted by atomic mass is 19.1. The van der Waals surface area contributed by atoms with Gasteiger partial charge in [-0.1, -0.05) is 6.07 Å². The molecule has 0 bridgehead atoms. The van der Waals surface area contributed by atoms with Crippen LogP contribution >= 0.6 is 0 Å². The molecule has 1 atom stereocenters. The number of ether oxygens (including phenoxy) is 1. The molecule has 0 radical (unpaired) electrons. The Morgan fingerprint density at radius 3 is 3.12 bits per heavy atom. The van der Waals surface area contributed by atoms with Crippen molar-refractivity contribution in [1.29, 1.82) is 0 Å². The van der Waals surface area contributed by atoms with Crippen LogP contribution in [0.5, 0.6) is 0 Å². The molecule has 124 valence electrons. The highest BCUT2D eigenvalue weighted by molar-refractivity contribution is 5.82. The van der Waals surface area contributed by atoms with Gasteiger partial charge in [-0.3, -0.25) is 14.6 Å². The van der Waals surface area contributed by atoms with Gasteiger partial charge in [0.05, 0.1) is 24.8 Å². The molecule has 0 amide bonds. The van der Waals surface area contributed by atoms with E-state index in [9.17, 15) is 4.39 Å². The number of benzene rings is 1. The Bertz CT molecular complexity index is 823. The highest BCUT2D eigenvalue weighted by Gasteiger charge is 2.22. The van der Waals surface area contributed by atoms with Gasteiger partial charge in [-0.25, -0.2) is 9.37 Å².